The molecule has 0 radical (unpaired) electrons. The molecule has 0 saturated carbocycles. The molecule has 1 N–H and O–H groups in total. The summed E-state index contributed by atoms with van der Waals surface area (Å²) in [6, 6.07) is 1.36. The van der Waals surface area contributed by atoms with E-state index in [1.54, 1.807) is 0 Å². The number of rotatable bonds is 2. The standard InChI is InChI=1S/C11H15N3O2/c1-7-3-4-14(10(7)11(15)16)9-5-8(2)12-6-13-9/h5-7,10H,3-4H2,1-2H3,(H,15,16). The summed E-state index contributed by atoms with van der Waals surface area (Å²) in [6.07, 6.45) is 2.37. The average Bonchev–Trinajstić information content (AvgIpc) is 2.60. The first-order valence-electron chi connectivity index (χ1n) is 5.37. The Bertz CT molecular complexity index is 408. The lowest BCUT2D eigenvalue weighted by atomic mass is 10.0. The lowest BCUT2D eigenvalue weighted by Gasteiger charge is -2.24. The van der Waals surface area contributed by atoms with Gasteiger partial charge in [-0.3, -0.25) is 0 Å². The van der Waals surface area contributed by atoms with Gasteiger partial charge < -0.3 is 10.0 Å². The highest BCUT2D eigenvalue weighted by molar-refractivity contribution is 5.78. The van der Waals surface area contributed by atoms with Crippen molar-refractivity contribution < 1.29 is 9.90 Å². The third kappa shape index (κ3) is 1.85. The third-order valence-electron chi connectivity index (χ3n) is 3.04. The molecule has 0 amide bonds. The van der Waals surface area contributed by atoms with Crippen molar-refractivity contribution in [2.24, 2.45) is 5.92 Å². The molecule has 1 aromatic rings. The largest absolute Gasteiger partial charge is 0.480 e. The van der Waals surface area contributed by atoms with E-state index in [1.165, 1.54) is 6.33 Å². The zero-order valence-corrected chi connectivity index (χ0v) is 9.42. The molecule has 0 spiro atoms. The van der Waals surface area contributed by atoms with Gasteiger partial charge in [0.2, 0.25) is 0 Å². The molecule has 1 aromatic heterocycles. The van der Waals surface area contributed by atoms with Crippen LogP contribution in [-0.2, 0) is 4.79 Å². The molecule has 86 valence electrons. The van der Waals surface area contributed by atoms with Crippen LogP contribution in [0.15, 0.2) is 12.4 Å². The number of hydrogen-bond donors (Lipinski definition) is 1. The molecule has 0 bridgehead atoms. The van der Waals surface area contributed by atoms with Crippen LogP contribution in [-0.4, -0.2) is 33.6 Å². The number of aliphatic carboxylic acids is 1. The molecule has 2 unspecified atom stereocenters. The lowest BCUT2D eigenvalue weighted by molar-refractivity contribution is -0.139. The number of carbonyl (C=O) groups is 1. The van der Waals surface area contributed by atoms with E-state index < -0.39 is 12.0 Å². The van der Waals surface area contributed by atoms with Crippen molar-refractivity contribution in [3.8, 4) is 0 Å². The second kappa shape index (κ2) is 4.08. The van der Waals surface area contributed by atoms with Crippen LogP contribution in [0.25, 0.3) is 0 Å². The van der Waals surface area contributed by atoms with E-state index in [9.17, 15) is 9.90 Å². The van der Waals surface area contributed by atoms with Crippen LogP contribution in [0.2, 0.25) is 0 Å². The van der Waals surface area contributed by atoms with Gasteiger partial charge in [-0.05, 0) is 19.3 Å². The van der Waals surface area contributed by atoms with Gasteiger partial charge in [0.1, 0.15) is 18.2 Å². The molecule has 2 rings (SSSR count). The zero-order chi connectivity index (χ0) is 11.7. The van der Waals surface area contributed by atoms with Gasteiger partial charge >= 0.3 is 5.97 Å². The molecule has 0 aromatic carbocycles. The van der Waals surface area contributed by atoms with Crippen LogP contribution in [0.3, 0.4) is 0 Å². The molecule has 2 heterocycles. The smallest absolute Gasteiger partial charge is 0.326 e. The van der Waals surface area contributed by atoms with Crippen molar-refractivity contribution in [1.82, 2.24) is 9.97 Å². The Morgan fingerprint density at radius 3 is 2.94 bits per heavy atom. The molecule has 1 fully saturated rings. The fourth-order valence-electron chi connectivity index (χ4n) is 2.18. The van der Waals surface area contributed by atoms with Gasteiger partial charge in [-0.1, -0.05) is 6.92 Å². The lowest BCUT2D eigenvalue weighted by Crippen LogP contribution is -2.39. The Morgan fingerprint density at radius 2 is 2.31 bits per heavy atom. The number of aryl methyl sites for hydroxylation is 1. The molecule has 0 aliphatic carbocycles. The molecule has 1 aliphatic rings. The highest BCUT2D eigenvalue weighted by Crippen LogP contribution is 2.28. The minimum Gasteiger partial charge on any atom is -0.480 e. The molecular formula is C11H15N3O2. The van der Waals surface area contributed by atoms with Crippen molar-refractivity contribution in [2.45, 2.75) is 26.3 Å². The van der Waals surface area contributed by atoms with Crippen LogP contribution in [0.4, 0.5) is 5.82 Å². The van der Waals surface area contributed by atoms with E-state index in [-0.39, 0.29) is 5.92 Å². The molecule has 5 nitrogen and oxygen atoms in total. The summed E-state index contributed by atoms with van der Waals surface area (Å²) in [5, 5.41) is 9.20. The van der Waals surface area contributed by atoms with Crippen molar-refractivity contribution in [3.05, 3.63) is 18.1 Å². The Hall–Kier alpha value is -1.65. The second-order valence-corrected chi connectivity index (χ2v) is 4.26. The first-order chi connectivity index (χ1) is 7.59. The number of nitrogens with zero attached hydrogens (tertiary/aromatic N) is 3. The normalized spacial score (nSPS) is 24.8. The van der Waals surface area contributed by atoms with Crippen molar-refractivity contribution in [2.75, 3.05) is 11.4 Å². The minimum absolute atomic E-state index is 0.160. The molecule has 2 atom stereocenters. The summed E-state index contributed by atoms with van der Waals surface area (Å²) in [5.41, 5.74) is 0.855. The predicted molar refractivity (Wildman–Crippen MR) is 59.3 cm³/mol. The molecule has 16 heavy (non-hydrogen) atoms. The van der Waals surface area contributed by atoms with Gasteiger partial charge in [-0.25, -0.2) is 14.8 Å². The first-order valence-corrected chi connectivity index (χ1v) is 5.37. The Kier molecular flexibility index (Phi) is 2.77. The van der Waals surface area contributed by atoms with Crippen LogP contribution >= 0.6 is 0 Å². The van der Waals surface area contributed by atoms with Crippen LogP contribution in [0, 0.1) is 12.8 Å². The van der Waals surface area contributed by atoms with Gasteiger partial charge in [0, 0.05) is 18.3 Å². The number of anilines is 1. The van der Waals surface area contributed by atoms with E-state index in [2.05, 4.69) is 9.97 Å². The van der Waals surface area contributed by atoms with E-state index in [1.807, 2.05) is 24.8 Å². The number of carboxylic acids is 1. The van der Waals surface area contributed by atoms with Gasteiger partial charge in [0.25, 0.3) is 0 Å². The summed E-state index contributed by atoms with van der Waals surface area (Å²) in [6.45, 7) is 4.59. The number of hydrogen-bond acceptors (Lipinski definition) is 4. The van der Waals surface area contributed by atoms with E-state index >= 15 is 0 Å². The number of aromatic nitrogens is 2. The third-order valence-corrected chi connectivity index (χ3v) is 3.04. The summed E-state index contributed by atoms with van der Waals surface area (Å²) >= 11 is 0. The molecular weight excluding hydrogens is 206 g/mol. The summed E-state index contributed by atoms with van der Waals surface area (Å²) in [5.74, 6) is 0.0956. The predicted octanol–water partition coefficient (Wildman–Crippen LogP) is 1.08. The van der Waals surface area contributed by atoms with Gasteiger partial charge in [-0.2, -0.15) is 0 Å². The first kappa shape index (κ1) is 10.9. The van der Waals surface area contributed by atoms with Crippen LogP contribution in [0.5, 0.6) is 0 Å². The summed E-state index contributed by atoms with van der Waals surface area (Å²) in [4.78, 5) is 21.2. The fourth-order valence-corrected chi connectivity index (χ4v) is 2.18. The van der Waals surface area contributed by atoms with Crippen molar-refractivity contribution in [1.29, 1.82) is 0 Å². The average molecular weight is 221 g/mol. The Balaban J connectivity index is 2.30. The van der Waals surface area contributed by atoms with E-state index in [0.29, 0.717) is 5.82 Å². The molecule has 1 aliphatic heterocycles. The monoisotopic (exact) mass is 221 g/mol. The molecule has 1 saturated heterocycles. The van der Waals surface area contributed by atoms with Gasteiger partial charge in [0.05, 0.1) is 0 Å². The number of carboxylic acid groups (broad SMARTS) is 1. The second-order valence-electron chi connectivity index (χ2n) is 4.26. The van der Waals surface area contributed by atoms with Crippen molar-refractivity contribution in [3.63, 3.8) is 0 Å². The van der Waals surface area contributed by atoms with Gasteiger partial charge in [0.15, 0.2) is 0 Å². The quantitative estimate of drug-likeness (QED) is 0.809. The Labute approximate surface area is 94.1 Å². The van der Waals surface area contributed by atoms with Gasteiger partial charge in [-0.15, -0.1) is 0 Å². The van der Waals surface area contributed by atoms with Crippen LogP contribution < -0.4 is 4.90 Å². The highest BCUT2D eigenvalue weighted by atomic mass is 16.4. The zero-order valence-electron chi connectivity index (χ0n) is 9.42. The maximum absolute atomic E-state index is 11.2. The highest BCUT2D eigenvalue weighted by Gasteiger charge is 2.37. The minimum atomic E-state index is -0.777. The fraction of sp³-hybridized carbons (Fsp3) is 0.545. The maximum atomic E-state index is 11.2. The maximum Gasteiger partial charge on any atom is 0.326 e. The van der Waals surface area contributed by atoms with E-state index in [4.69, 9.17) is 0 Å². The van der Waals surface area contributed by atoms with Crippen molar-refractivity contribution >= 4 is 11.8 Å². The van der Waals surface area contributed by atoms with E-state index in [0.717, 1.165) is 18.7 Å². The SMILES string of the molecule is Cc1cc(N2CCC(C)C2C(=O)O)ncn1. The summed E-state index contributed by atoms with van der Waals surface area (Å²) in [7, 11) is 0. The molecule has 5 heteroatoms. The van der Waals surface area contributed by atoms with Crippen LogP contribution in [0.1, 0.15) is 19.0 Å². The topological polar surface area (TPSA) is 66.3 Å². The Morgan fingerprint density at radius 1 is 1.56 bits per heavy atom. The summed E-state index contributed by atoms with van der Waals surface area (Å²) < 4.78 is 0.